The van der Waals surface area contributed by atoms with Crippen LogP contribution in [0.25, 0.3) is 0 Å². The number of nitrogens with one attached hydrogen (secondary N) is 2. The molecule has 0 bridgehead atoms. The van der Waals surface area contributed by atoms with Crippen LogP contribution >= 0.6 is 24.8 Å². The van der Waals surface area contributed by atoms with Crippen molar-refractivity contribution in [3.05, 3.63) is 42.6 Å². The number of carbonyl (C=O) groups excluding carboxylic acids is 1. The van der Waals surface area contributed by atoms with Gasteiger partial charge in [-0.1, -0.05) is 6.07 Å². The highest BCUT2D eigenvalue weighted by Gasteiger charge is 2.20. The van der Waals surface area contributed by atoms with Gasteiger partial charge in [0.05, 0.1) is 5.92 Å². The van der Waals surface area contributed by atoms with E-state index in [0.29, 0.717) is 11.6 Å². The van der Waals surface area contributed by atoms with Crippen molar-refractivity contribution in [1.82, 2.24) is 15.5 Å². The van der Waals surface area contributed by atoms with E-state index in [1.807, 2.05) is 18.2 Å². The highest BCUT2D eigenvalue weighted by atomic mass is 35.5. The Bertz CT molecular complexity index is 637. The first-order chi connectivity index (χ1) is 10.8. The lowest BCUT2D eigenvalue weighted by atomic mass is 9.99. The fourth-order valence-electron chi connectivity index (χ4n) is 2.42. The van der Waals surface area contributed by atoms with E-state index in [0.717, 1.165) is 31.6 Å². The minimum atomic E-state index is 0. The minimum absolute atomic E-state index is 0. The molecule has 24 heavy (non-hydrogen) atoms. The maximum Gasteiger partial charge on any atom is 0.238 e. The Labute approximate surface area is 153 Å². The fraction of sp³-hybridized carbons (Fsp3) is 0.312. The quantitative estimate of drug-likeness (QED) is 0.864. The zero-order valence-electron chi connectivity index (χ0n) is 13.0. The zero-order valence-corrected chi connectivity index (χ0v) is 14.6. The lowest BCUT2D eigenvalue weighted by Crippen LogP contribution is -2.37. The van der Waals surface area contributed by atoms with E-state index < -0.39 is 0 Å². The summed E-state index contributed by atoms with van der Waals surface area (Å²) in [7, 11) is 0. The molecule has 2 aromatic rings. The molecular weight excluding hydrogens is 351 g/mol. The van der Waals surface area contributed by atoms with Crippen LogP contribution in [0.15, 0.2) is 42.6 Å². The third-order valence-electron chi connectivity index (χ3n) is 3.54. The highest BCUT2D eigenvalue weighted by Crippen LogP contribution is 2.23. The molecule has 1 unspecified atom stereocenters. The van der Waals surface area contributed by atoms with E-state index in [4.69, 9.17) is 4.74 Å². The molecule has 1 aromatic carbocycles. The predicted molar refractivity (Wildman–Crippen MR) is 97.3 cm³/mol. The summed E-state index contributed by atoms with van der Waals surface area (Å²) in [6.45, 7) is 1.73. The third kappa shape index (κ3) is 5.63. The van der Waals surface area contributed by atoms with E-state index in [9.17, 15) is 4.79 Å². The number of anilines is 1. The Kier molecular flexibility index (Phi) is 8.46. The van der Waals surface area contributed by atoms with Crippen molar-refractivity contribution in [2.75, 3.05) is 18.4 Å². The number of carbonyl (C=O) groups is 1. The van der Waals surface area contributed by atoms with E-state index >= 15 is 0 Å². The molecule has 2 N–H and O–H groups in total. The number of hydrogen-bond acceptors (Lipinski definition) is 5. The second kappa shape index (κ2) is 10.1. The molecule has 3 rings (SSSR count). The summed E-state index contributed by atoms with van der Waals surface area (Å²) in [5.74, 6) is 1.10. The van der Waals surface area contributed by atoms with Crippen molar-refractivity contribution in [1.29, 1.82) is 0 Å². The van der Waals surface area contributed by atoms with Crippen molar-refractivity contribution in [3.63, 3.8) is 0 Å². The van der Waals surface area contributed by atoms with Gasteiger partial charge < -0.3 is 15.4 Å². The van der Waals surface area contributed by atoms with E-state index in [2.05, 4.69) is 20.8 Å². The van der Waals surface area contributed by atoms with Gasteiger partial charge in [0.25, 0.3) is 0 Å². The Morgan fingerprint density at radius 1 is 1.25 bits per heavy atom. The third-order valence-corrected chi connectivity index (χ3v) is 3.54. The standard InChI is InChI=1S/C16H18N4O2.2ClH/c21-16(12-4-2-8-17-11-12)19-13-5-1-6-14(10-13)22-15-7-3-9-18-20-15;;/h1,3,5-7,9-10,12,17H,2,4,8,11H2,(H,19,21);2*1H. The topological polar surface area (TPSA) is 76.1 Å². The molecule has 0 aliphatic carbocycles. The molecule has 0 saturated carbocycles. The smallest absolute Gasteiger partial charge is 0.238 e. The Morgan fingerprint density at radius 2 is 2.12 bits per heavy atom. The molecule has 130 valence electrons. The summed E-state index contributed by atoms with van der Waals surface area (Å²) >= 11 is 0. The van der Waals surface area contributed by atoms with Crippen molar-refractivity contribution < 1.29 is 9.53 Å². The van der Waals surface area contributed by atoms with E-state index in [1.54, 1.807) is 24.4 Å². The van der Waals surface area contributed by atoms with Crippen LogP contribution in [-0.2, 0) is 4.79 Å². The van der Waals surface area contributed by atoms with Gasteiger partial charge in [0.1, 0.15) is 5.75 Å². The normalized spacial score (nSPS) is 16.2. The van der Waals surface area contributed by atoms with Crippen LogP contribution in [0, 0.1) is 5.92 Å². The molecule has 1 atom stereocenters. The van der Waals surface area contributed by atoms with Crippen molar-refractivity contribution >= 4 is 36.4 Å². The Hall–Kier alpha value is -1.89. The van der Waals surface area contributed by atoms with Crippen LogP contribution in [0.4, 0.5) is 5.69 Å². The first-order valence-electron chi connectivity index (χ1n) is 7.38. The first kappa shape index (κ1) is 20.2. The molecule has 1 amide bonds. The average Bonchev–Trinajstić information content (AvgIpc) is 2.57. The molecule has 1 saturated heterocycles. The molecule has 1 aliphatic rings. The number of amides is 1. The highest BCUT2D eigenvalue weighted by molar-refractivity contribution is 5.92. The molecular formula is C16H20Cl2N4O2. The molecule has 1 fully saturated rings. The van der Waals surface area contributed by atoms with Gasteiger partial charge in [-0.25, -0.2) is 0 Å². The fourth-order valence-corrected chi connectivity index (χ4v) is 2.42. The van der Waals surface area contributed by atoms with Gasteiger partial charge in [0.15, 0.2) is 0 Å². The van der Waals surface area contributed by atoms with Crippen molar-refractivity contribution in [3.8, 4) is 11.6 Å². The number of piperidine rings is 1. The largest absolute Gasteiger partial charge is 0.437 e. The number of aromatic nitrogens is 2. The average molecular weight is 371 g/mol. The second-order valence-electron chi connectivity index (χ2n) is 5.22. The van der Waals surface area contributed by atoms with Crippen LogP contribution in [0.5, 0.6) is 11.6 Å². The number of halogens is 2. The number of rotatable bonds is 4. The summed E-state index contributed by atoms with van der Waals surface area (Å²) in [6.07, 6.45) is 3.55. The van der Waals surface area contributed by atoms with Gasteiger partial charge in [0, 0.05) is 30.6 Å². The van der Waals surface area contributed by atoms with Crippen LogP contribution in [-0.4, -0.2) is 29.2 Å². The van der Waals surface area contributed by atoms with Crippen LogP contribution in [0.3, 0.4) is 0 Å². The molecule has 1 aliphatic heterocycles. The van der Waals surface area contributed by atoms with Crippen molar-refractivity contribution in [2.24, 2.45) is 5.92 Å². The molecule has 2 heterocycles. The lowest BCUT2D eigenvalue weighted by Gasteiger charge is -2.21. The van der Waals surface area contributed by atoms with Crippen LogP contribution < -0.4 is 15.4 Å². The molecule has 6 nitrogen and oxygen atoms in total. The van der Waals surface area contributed by atoms with Gasteiger partial charge in [-0.05, 0) is 37.6 Å². The Balaban J connectivity index is 0.00000144. The summed E-state index contributed by atoms with van der Waals surface area (Å²) < 4.78 is 5.61. The van der Waals surface area contributed by atoms with Gasteiger partial charge in [-0.2, -0.15) is 5.10 Å². The predicted octanol–water partition coefficient (Wildman–Crippen LogP) is 3.05. The number of benzene rings is 1. The molecule has 0 radical (unpaired) electrons. The number of nitrogens with zero attached hydrogens (tertiary/aromatic N) is 2. The maximum absolute atomic E-state index is 12.2. The van der Waals surface area contributed by atoms with E-state index in [-0.39, 0.29) is 36.6 Å². The summed E-state index contributed by atoms with van der Waals surface area (Å²) in [6, 6.07) is 10.8. The van der Waals surface area contributed by atoms with Gasteiger partial charge in [-0.15, -0.1) is 29.9 Å². The lowest BCUT2D eigenvalue weighted by molar-refractivity contribution is -0.120. The first-order valence-corrected chi connectivity index (χ1v) is 7.38. The number of hydrogen-bond donors (Lipinski definition) is 2. The monoisotopic (exact) mass is 370 g/mol. The van der Waals surface area contributed by atoms with Crippen LogP contribution in [0.2, 0.25) is 0 Å². The number of ether oxygens (including phenoxy) is 1. The van der Waals surface area contributed by atoms with Crippen molar-refractivity contribution in [2.45, 2.75) is 12.8 Å². The summed E-state index contributed by atoms with van der Waals surface area (Å²) in [4.78, 5) is 12.2. The van der Waals surface area contributed by atoms with Crippen LogP contribution in [0.1, 0.15) is 12.8 Å². The summed E-state index contributed by atoms with van der Waals surface area (Å²) in [5.41, 5.74) is 0.719. The SMILES string of the molecule is Cl.Cl.O=C(Nc1cccc(Oc2cccnn2)c1)C1CCCNC1. The van der Waals surface area contributed by atoms with Gasteiger partial charge in [-0.3, -0.25) is 4.79 Å². The molecule has 8 heteroatoms. The van der Waals surface area contributed by atoms with Gasteiger partial charge in [0.2, 0.25) is 11.8 Å². The zero-order chi connectivity index (χ0) is 15.2. The summed E-state index contributed by atoms with van der Waals surface area (Å²) in [5, 5.41) is 13.8. The molecule has 1 aromatic heterocycles. The van der Waals surface area contributed by atoms with Gasteiger partial charge >= 0.3 is 0 Å². The minimum Gasteiger partial charge on any atom is -0.437 e. The Morgan fingerprint density at radius 3 is 2.83 bits per heavy atom. The second-order valence-corrected chi connectivity index (χ2v) is 5.22. The molecule has 0 spiro atoms. The van der Waals surface area contributed by atoms with E-state index in [1.165, 1.54) is 0 Å². The maximum atomic E-state index is 12.2.